The first-order chi connectivity index (χ1) is 9.65. The maximum absolute atomic E-state index is 5.91. The van der Waals surface area contributed by atoms with Crippen LogP contribution in [0.4, 0.5) is 5.82 Å². The lowest BCUT2D eigenvalue weighted by atomic mass is 10.2. The fraction of sp³-hybridized carbons (Fsp3) is 0.286. The lowest BCUT2D eigenvalue weighted by molar-refractivity contribution is 0.453. The minimum atomic E-state index is 0.585. The van der Waals surface area contributed by atoms with Gasteiger partial charge < -0.3 is 10.1 Å². The second-order valence-corrected chi connectivity index (χ2v) is 5.84. The van der Waals surface area contributed by atoms with Gasteiger partial charge in [-0.1, -0.05) is 22.9 Å². The largest absolute Gasteiger partial charge is 0.437 e. The monoisotopic (exact) mass is 399 g/mol. The first-order valence-electron chi connectivity index (χ1n) is 6.36. The smallest absolute Gasteiger partial charge is 0.227 e. The number of hydrogen-bond acceptors (Lipinski definition) is 4. The number of nitrogens with one attached hydrogen (secondary N) is 1. The molecule has 1 N–H and O–H groups in total. The molecule has 0 aliphatic carbocycles. The number of nitrogens with zero attached hydrogens (tertiary/aromatic N) is 2. The summed E-state index contributed by atoms with van der Waals surface area (Å²) in [6.45, 7) is 4.90. The molecule has 0 aliphatic heterocycles. The average molecular weight is 401 g/mol. The van der Waals surface area contributed by atoms with Crippen molar-refractivity contribution in [2.75, 3.05) is 11.9 Å². The quantitative estimate of drug-likeness (QED) is 0.783. The van der Waals surface area contributed by atoms with E-state index in [4.69, 9.17) is 4.74 Å². The van der Waals surface area contributed by atoms with Gasteiger partial charge in [0.1, 0.15) is 17.9 Å². The molecule has 2 aromatic rings. The first kappa shape index (κ1) is 15.3. The van der Waals surface area contributed by atoms with Gasteiger partial charge in [-0.3, -0.25) is 0 Å². The van der Waals surface area contributed by atoms with Crippen molar-refractivity contribution in [3.63, 3.8) is 0 Å². The third-order valence-electron chi connectivity index (χ3n) is 2.70. The van der Waals surface area contributed by atoms with E-state index < -0.39 is 0 Å². The highest BCUT2D eigenvalue weighted by Gasteiger charge is 2.12. The predicted octanol–water partition coefficient (Wildman–Crippen LogP) is 4.79. The molecule has 20 heavy (non-hydrogen) atoms. The molecule has 0 radical (unpaired) electrons. The molecule has 0 saturated heterocycles. The average Bonchev–Trinajstić information content (AvgIpc) is 2.42. The van der Waals surface area contributed by atoms with Crippen LogP contribution in [0.5, 0.6) is 11.6 Å². The van der Waals surface area contributed by atoms with Crippen LogP contribution >= 0.6 is 31.9 Å². The standard InChI is InChI=1S/C14H15Br2N3O/c1-3-10-13(17-4-2)18-8-19-14(10)20-12-6-5-9(15)7-11(12)16/h5-8H,3-4H2,1-2H3,(H,17,18,19). The van der Waals surface area contributed by atoms with Crippen molar-refractivity contribution in [3.05, 3.63) is 39.0 Å². The van der Waals surface area contributed by atoms with Gasteiger partial charge in [-0.2, -0.15) is 0 Å². The third kappa shape index (κ3) is 3.49. The van der Waals surface area contributed by atoms with Gasteiger partial charge in [-0.25, -0.2) is 9.97 Å². The van der Waals surface area contributed by atoms with Gasteiger partial charge in [0, 0.05) is 11.0 Å². The van der Waals surface area contributed by atoms with Crippen LogP contribution in [0.2, 0.25) is 0 Å². The zero-order valence-corrected chi connectivity index (χ0v) is 14.5. The number of hydrogen-bond donors (Lipinski definition) is 1. The maximum atomic E-state index is 5.91. The topological polar surface area (TPSA) is 47.0 Å². The van der Waals surface area contributed by atoms with E-state index >= 15 is 0 Å². The van der Waals surface area contributed by atoms with E-state index in [1.165, 1.54) is 6.33 Å². The summed E-state index contributed by atoms with van der Waals surface area (Å²) in [5.74, 6) is 2.14. The fourth-order valence-corrected chi connectivity index (χ4v) is 2.91. The molecule has 2 rings (SSSR count). The molecule has 0 unspecified atom stereocenters. The Balaban J connectivity index is 2.35. The molecule has 106 valence electrons. The molecule has 0 fully saturated rings. The van der Waals surface area contributed by atoms with Crippen molar-refractivity contribution < 1.29 is 4.74 Å². The number of rotatable bonds is 5. The number of aromatic nitrogens is 2. The number of halogens is 2. The van der Waals surface area contributed by atoms with Crippen LogP contribution in [0.3, 0.4) is 0 Å². The van der Waals surface area contributed by atoms with Crippen LogP contribution in [-0.2, 0) is 6.42 Å². The maximum Gasteiger partial charge on any atom is 0.227 e. The summed E-state index contributed by atoms with van der Waals surface area (Å²) < 4.78 is 7.78. The van der Waals surface area contributed by atoms with Crippen molar-refractivity contribution >= 4 is 37.7 Å². The SMILES string of the molecule is CCNc1ncnc(Oc2ccc(Br)cc2Br)c1CC. The number of benzene rings is 1. The van der Waals surface area contributed by atoms with Gasteiger partial charge in [0.25, 0.3) is 0 Å². The minimum Gasteiger partial charge on any atom is -0.437 e. The molecule has 4 nitrogen and oxygen atoms in total. The van der Waals surface area contributed by atoms with Crippen molar-refractivity contribution in [3.8, 4) is 11.6 Å². The summed E-state index contributed by atoms with van der Waals surface area (Å²) in [4.78, 5) is 8.50. The van der Waals surface area contributed by atoms with Crippen LogP contribution in [0, 0.1) is 0 Å². The minimum absolute atomic E-state index is 0.585. The van der Waals surface area contributed by atoms with Crippen molar-refractivity contribution in [1.29, 1.82) is 0 Å². The van der Waals surface area contributed by atoms with Gasteiger partial charge in [0.2, 0.25) is 5.88 Å². The Morgan fingerprint density at radius 1 is 1.20 bits per heavy atom. The molecule has 0 bridgehead atoms. The van der Waals surface area contributed by atoms with Gasteiger partial charge in [0.15, 0.2) is 0 Å². The van der Waals surface area contributed by atoms with E-state index in [-0.39, 0.29) is 0 Å². The van der Waals surface area contributed by atoms with Crippen molar-refractivity contribution in [2.45, 2.75) is 20.3 Å². The van der Waals surface area contributed by atoms with E-state index in [9.17, 15) is 0 Å². The molecule has 1 heterocycles. The van der Waals surface area contributed by atoms with Crippen LogP contribution in [-0.4, -0.2) is 16.5 Å². The second-order valence-electron chi connectivity index (χ2n) is 4.07. The van der Waals surface area contributed by atoms with Gasteiger partial charge in [-0.15, -0.1) is 0 Å². The lowest BCUT2D eigenvalue weighted by Crippen LogP contribution is -2.05. The summed E-state index contributed by atoms with van der Waals surface area (Å²) in [6, 6.07) is 5.76. The highest BCUT2D eigenvalue weighted by molar-refractivity contribution is 9.11. The second kappa shape index (κ2) is 7.04. The molecule has 1 aromatic heterocycles. The van der Waals surface area contributed by atoms with Crippen LogP contribution < -0.4 is 10.1 Å². The zero-order chi connectivity index (χ0) is 14.5. The van der Waals surface area contributed by atoms with Gasteiger partial charge in [0.05, 0.1) is 10.0 Å². The van der Waals surface area contributed by atoms with Gasteiger partial charge in [-0.05, 0) is 47.5 Å². The summed E-state index contributed by atoms with van der Waals surface area (Å²) >= 11 is 6.91. The molecular weight excluding hydrogens is 386 g/mol. The van der Waals surface area contributed by atoms with E-state index in [1.807, 2.05) is 25.1 Å². The number of anilines is 1. The summed E-state index contributed by atoms with van der Waals surface area (Å²) in [6.07, 6.45) is 2.31. The molecule has 1 aromatic carbocycles. The van der Waals surface area contributed by atoms with E-state index in [0.29, 0.717) is 5.88 Å². The van der Waals surface area contributed by atoms with Crippen LogP contribution in [0.15, 0.2) is 33.5 Å². The Labute approximate surface area is 135 Å². The zero-order valence-electron chi connectivity index (χ0n) is 11.3. The summed E-state index contributed by atoms with van der Waals surface area (Å²) in [5, 5.41) is 3.23. The molecule has 0 amide bonds. The molecule has 6 heteroatoms. The molecule has 0 aliphatic rings. The summed E-state index contributed by atoms with van der Waals surface area (Å²) in [7, 11) is 0. The first-order valence-corrected chi connectivity index (χ1v) is 7.95. The van der Waals surface area contributed by atoms with E-state index in [2.05, 4.69) is 54.1 Å². The van der Waals surface area contributed by atoms with E-state index in [0.717, 1.165) is 39.0 Å². The van der Waals surface area contributed by atoms with Crippen molar-refractivity contribution in [2.24, 2.45) is 0 Å². The Bertz CT molecular complexity index is 605. The highest BCUT2D eigenvalue weighted by atomic mass is 79.9. The lowest BCUT2D eigenvalue weighted by Gasteiger charge is -2.13. The summed E-state index contributed by atoms with van der Waals surface area (Å²) in [5.41, 5.74) is 0.976. The Hall–Kier alpha value is -1.14. The highest BCUT2D eigenvalue weighted by Crippen LogP contribution is 2.33. The Kier molecular flexibility index (Phi) is 5.37. The molecular formula is C14H15Br2N3O. The molecule has 0 atom stereocenters. The molecule has 0 saturated carbocycles. The molecule has 0 spiro atoms. The van der Waals surface area contributed by atoms with E-state index in [1.54, 1.807) is 0 Å². The van der Waals surface area contributed by atoms with Crippen molar-refractivity contribution in [1.82, 2.24) is 9.97 Å². The third-order valence-corrected chi connectivity index (χ3v) is 3.82. The normalized spacial score (nSPS) is 10.4. The van der Waals surface area contributed by atoms with Crippen LogP contribution in [0.1, 0.15) is 19.4 Å². The Morgan fingerprint density at radius 2 is 2.00 bits per heavy atom. The van der Waals surface area contributed by atoms with Crippen LogP contribution in [0.25, 0.3) is 0 Å². The van der Waals surface area contributed by atoms with Gasteiger partial charge >= 0.3 is 0 Å². The predicted molar refractivity (Wildman–Crippen MR) is 87.5 cm³/mol. The Morgan fingerprint density at radius 3 is 2.65 bits per heavy atom. The number of ether oxygens (including phenoxy) is 1. The fourth-order valence-electron chi connectivity index (χ4n) is 1.78.